The Hall–Kier alpha value is -7.03. The highest BCUT2D eigenvalue weighted by Crippen LogP contribution is 2.34. The molecule has 0 fully saturated rings. The van der Waals surface area contributed by atoms with Gasteiger partial charge in [0.15, 0.2) is 35.1 Å². The topological polar surface area (TPSA) is 175 Å². The van der Waals surface area contributed by atoms with E-state index in [0.29, 0.717) is 27.8 Å². The molecule has 284 valence electrons. The SMILES string of the molecule is COc1cc(NC(=O)c2cc(=O)c3ccccc3o2)c(C(=O)Nc2ccc(CC[N+]([O-])(Cc3ccc4c(cnn4C)c3)Cc3ccc[n+]([O-])c3)cc2)cc1OC. The Labute approximate surface area is 320 Å². The van der Waals surface area contributed by atoms with Crippen molar-refractivity contribution in [2.24, 2.45) is 7.05 Å². The second-order valence-corrected chi connectivity index (χ2v) is 13.4. The van der Waals surface area contributed by atoms with Gasteiger partial charge in [-0.25, -0.2) is 0 Å². The Bertz CT molecular complexity index is 2640. The van der Waals surface area contributed by atoms with Crippen molar-refractivity contribution in [1.29, 1.82) is 0 Å². The van der Waals surface area contributed by atoms with Crippen molar-refractivity contribution >= 4 is 45.1 Å². The second kappa shape index (κ2) is 15.8. The number of para-hydroxylation sites is 1. The molecule has 0 saturated carbocycles. The van der Waals surface area contributed by atoms with Crippen LogP contribution >= 0.6 is 0 Å². The first kappa shape index (κ1) is 37.3. The summed E-state index contributed by atoms with van der Waals surface area (Å²) in [5.74, 6) is -1.03. The van der Waals surface area contributed by atoms with Crippen LogP contribution in [0.15, 0.2) is 125 Å². The summed E-state index contributed by atoms with van der Waals surface area (Å²) in [4.78, 5) is 39.8. The summed E-state index contributed by atoms with van der Waals surface area (Å²) in [6.45, 7) is 0.500. The van der Waals surface area contributed by atoms with Crippen LogP contribution < -0.4 is 30.3 Å². The fourth-order valence-electron chi connectivity index (χ4n) is 6.64. The van der Waals surface area contributed by atoms with Gasteiger partial charge in [0.1, 0.15) is 18.7 Å². The zero-order valence-corrected chi connectivity index (χ0v) is 30.9. The summed E-state index contributed by atoms with van der Waals surface area (Å²) < 4.78 is 18.4. The van der Waals surface area contributed by atoms with E-state index in [4.69, 9.17) is 13.9 Å². The first-order chi connectivity index (χ1) is 27.0. The largest absolute Gasteiger partial charge is 0.632 e. The number of hydroxylamine groups is 3. The number of aromatic nitrogens is 3. The molecule has 3 aromatic heterocycles. The molecule has 0 spiro atoms. The van der Waals surface area contributed by atoms with Crippen LogP contribution in [0.5, 0.6) is 11.5 Å². The molecule has 7 rings (SSSR count). The number of hydrogen-bond donors (Lipinski definition) is 2. The normalized spacial score (nSPS) is 12.3. The summed E-state index contributed by atoms with van der Waals surface area (Å²) in [5.41, 5.74) is 3.78. The molecule has 0 radical (unpaired) electrons. The number of ether oxygens (including phenoxy) is 2. The minimum absolute atomic E-state index is 0.0569. The Morgan fingerprint density at radius 1 is 0.857 bits per heavy atom. The van der Waals surface area contributed by atoms with Gasteiger partial charge in [0.25, 0.3) is 11.8 Å². The van der Waals surface area contributed by atoms with Crippen molar-refractivity contribution in [1.82, 2.24) is 9.78 Å². The summed E-state index contributed by atoms with van der Waals surface area (Å²) in [7, 11) is 4.71. The van der Waals surface area contributed by atoms with E-state index in [1.807, 2.05) is 37.4 Å². The lowest BCUT2D eigenvalue weighted by Gasteiger charge is -2.43. The van der Waals surface area contributed by atoms with Crippen molar-refractivity contribution in [2.45, 2.75) is 19.5 Å². The summed E-state index contributed by atoms with van der Waals surface area (Å²) >= 11 is 0. The molecule has 2 N–H and O–H groups in total. The predicted octanol–water partition coefficient (Wildman–Crippen LogP) is 6.09. The van der Waals surface area contributed by atoms with Crippen LogP contribution in [0, 0.1) is 10.4 Å². The Kier molecular flexibility index (Phi) is 10.5. The number of quaternary nitrogens is 1. The summed E-state index contributed by atoms with van der Waals surface area (Å²) in [5, 5.41) is 37.6. The van der Waals surface area contributed by atoms with Crippen LogP contribution in [0.3, 0.4) is 0 Å². The highest BCUT2D eigenvalue weighted by Gasteiger charge is 2.23. The highest BCUT2D eigenvalue weighted by atomic mass is 16.5. The van der Waals surface area contributed by atoms with Crippen molar-refractivity contribution in [2.75, 3.05) is 31.4 Å². The molecule has 0 bridgehead atoms. The van der Waals surface area contributed by atoms with E-state index in [2.05, 4.69) is 15.7 Å². The van der Waals surface area contributed by atoms with E-state index < -0.39 is 16.5 Å². The van der Waals surface area contributed by atoms with Gasteiger partial charge in [-0.3, -0.25) is 19.1 Å². The van der Waals surface area contributed by atoms with Crippen molar-refractivity contribution in [3.8, 4) is 11.5 Å². The van der Waals surface area contributed by atoms with Gasteiger partial charge in [-0.1, -0.05) is 30.3 Å². The first-order valence-electron chi connectivity index (χ1n) is 17.7. The number of methoxy groups -OCH3 is 2. The number of carbonyl (C=O) groups is 2. The van der Waals surface area contributed by atoms with Crippen LogP contribution in [0.1, 0.15) is 37.6 Å². The van der Waals surface area contributed by atoms with Crippen molar-refractivity contribution in [3.63, 3.8) is 0 Å². The van der Waals surface area contributed by atoms with E-state index in [-0.39, 0.29) is 59.2 Å². The van der Waals surface area contributed by atoms with Gasteiger partial charge in [-0.05, 0) is 54.1 Å². The van der Waals surface area contributed by atoms with Crippen LogP contribution in [0.25, 0.3) is 21.9 Å². The molecule has 0 aliphatic heterocycles. The first-order valence-corrected chi connectivity index (χ1v) is 17.7. The quantitative estimate of drug-likeness (QED) is 0.0611. The number of aryl methyl sites for hydroxylation is 1. The number of carbonyl (C=O) groups excluding carboxylic acids is 2. The van der Waals surface area contributed by atoms with Crippen LogP contribution in [-0.4, -0.2) is 47.0 Å². The molecule has 0 aliphatic carbocycles. The third-order valence-corrected chi connectivity index (χ3v) is 9.48. The molecular weight excluding hydrogens is 716 g/mol. The fourth-order valence-corrected chi connectivity index (χ4v) is 6.64. The van der Waals surface area contributed by atoms with Crippen LogP contribution in [-0.2, 0) is 26.6 Å². The predicted molar refractivity (Wildman–Crippen MR) is 210 cm³/mol. The summed E-state index contributed by atoms with van der Waals surface area (Å²) in [6.07, 6.45) is 5.00. The molecular formula is C42H38N6O8. The van der Waals surface area contributed by atoms with Gasteiger partial charge in [-0.2, -0.15) is 9.83 Å². The fraction of sp³-hybridized carbons (Fsp3) is 0.167. The zero-order valence-electron chi connectivity index (χ0n) is 30.9. The second-order valence-electron chi connectivity index (χ2n) is 13.4. The Balaban J connectivity index is 1.08. The van der Waals surface area contributed by atoms with Gasteiger partial charge < -0.3 is 39.6 Å². The molecule has 4 aromatic carbocycles. The van der Waals surface area contributed by atoms with E-state index in [9.17, 15) is 24.8 Å². The highest BCUT2D eigenvalue weighted by molar-refractivity contribution is 6.12. The number of amides is 2. The standard InChI is InChI=1S/C42H38N6O8/c1-46-35-15-12-28(19-30(35)23-43-46)25-48(53,26-29-7-6-17-47(52)24-29)18-16-27-10-13-31(14-11-27)44-41(50)33-20-38(54-2)39(55-3)21-34(33)45-42(51)40-22-36(49)32-8-4-5-9-37(32)56-40/h4-15,17,19-24H,16,18,25-26H2,1-3H3,(H,44,50)(H,45,51). The number of hydrogen-bond acceptors (Lipinski definition) is 9. The van der Waals surface area contributed by atoms with Gasteiger partial charge in [-0.15, -0.1) is 0 Å². The average molecular weight is 755 g/mol. The van der Waals surface area contributed by atoms with E-state index in [0.717, 1.165) is 28.1 Å². The maximum atomic E-state index is 14.5. The van der Waals surface area contributed by atoms with E-state index in [1.54, 1.807) is 59.4 Å². The lowest BCUT2D eigenvalue weighted by Crippen LogP contribution is -2.43. The Morgan fingerprint density at radius 3 is 2.36 bits per heavy atom. The van der Waals surface area contributed by atoms with Gasteiger partial charge in [0.2, 0.25) is 0 Å². The minimum atomic E-state index is -0.747. The molecule has 14 heteroatoms. The minimum Gasteiger partial charge on any atom is -0.632 e. The number of anilines is 2. The monoisotopic (exact) mass is 754 g/mol. The molecule has 3 heterocycles. The maximum Gasteiger partial charge on any atom is 0.291 e. The molecule has 2 amide bonds. The van der Waals surface area contributed by atoms with Gasteiger partial charge in [0.05, 0.1) is 54.7 Å². The lowest BCUT2D eigenvalue weighted by molar-refractivity contribution is -0.907. The van der Waals surface area contributed by atoms with Crippen LogP contribution in [0.4, 0.5) is 11.4 Å². The molecule has 14 nitrogen and oxygen atoms in total. The van der Waals surface area contributed by atoms with Crippen LogP contribution in [0.2, 0.25) is 0 Å². The Morgan fingerprint density at radius 2 is 1.59 bits per heavy atom. The van der Waals surface area contributed by atoms with Gasteiger partial charge >= 0.3 is 0 Å². The van der Waals surface area contributed by atoms with Crippen molar-refractivity contribution in [3.05, 3.63) is 164 Å². The molecule has 1 unspecified atom stereocenters. The van der Waals surface area contributed by atoms with E-state index >= 15 is 0 Å². The lowest BCUT2D eigenvalue weighted by atomic mass is 10.1. The number of benzene rings is 4. The molecule has 0 saturated heterocycles. The molecule has 56 heavy (non-hydrogen) atoms. The maximum absolute atomic E-state index is 14.5. The average Bonchev–Trinajstić information content (AvgIpc) is 3.56. The number of nitrogens with one attached hydrogen (secondary N) is 2. The third-order valence-electron chi connectivity index (χ3n) is 9.48. The molecule has 0 aliphatic rings. The zero-order chi connectivity index (χ0) is 39.4. The van der Waals surface area contributed by atoms with E-state index in [1.165, 1.54) is 38.7 Å². The molecule has 7 aromatic rings. The molecule has 1 atom stereocenters. The number of pyridine rings is 1. The summed E-state index contributed by atoms with van der Waals surface area (Å²) in [6, 6.07) is 26.9. The number of rotatable bonds is 13. The number of nitrogens with zero attached hydrogens (tertiary/aromatic N) is 4. The van der Waals surface area contributed by atoms with Gasteiger partial charge in [0, 0.05) is 48.3 Å². The van der Waals surface area contributed by atoms with Crippen molar-refractivity contribution < 1.29 is 32.9 Å². The third kappa shape index (κ3) is 8.21. The smallest absolute Gasteiger partial charge is 0.291 e. The number of fused-ring (bicyclic) bond motifs is 2.